The molecule has 0 aliphatic rings. The van der Waals surface area contributed by atoms with Gasteiger partial charge in [-0.2, -0.15) is 0 Å². The van der Waals surface area contributed by atoms with Crippen LogP contribution in [0.5, 0.6) is 5.75 Å². The highest BCUT2D eigenvalue weighted by Crippen LogP contribution is 2.29. The fourth-order valence-corrected chi connectivity index (χ4v) is 3.96. The molecule has 1 N–H and O–H groups in total. The summed E-state index contributed by atoms with van der Waals surface area (Å²) in [6.07, 6.45) is 0. The van der Waals surface area contributed by atoms with Gasteiger partial charge in [0.25, 0.3) is 0 Å². The fraction of sp³-hybridized carbons (Fsp3) is 0.0588. The van der Waals surface area contributed by atoms with Gasteiger partial charge in [0.2, 0.25) is 0 Å². The van der Waals surface area contributed by atoms with E-state index in [4.69, 9.17) is 16.6 Å². The Morgan fingerprint density at radius 3 is 2.74 bits per heavy atom. The van der Waals surface area contributed by atoms with E-state index in [0.29, 0.717) is 14.9 Å². The van der Waals surface area contributed by atoms with Gasteiger partial charge in [-0.15, -0.1) is 11.3 Å². The summed E-state index contributed by atoms with van der Waals surface area (Å²) in [7, 11) is 0. The molecule has 4 nitrogen and oxygen atoms in total. The monoisotopic (exact) mass is 341 g/mol. The Morgan fingerprint density at radius 1 is 1.13 bits per heavy atom. The van der Waals surface area contributed by atoms with E-state index in [2.05, 4.69) is 0 Å². The van der Waals surface area contributed by atoms with Crippen molar-refractivity contribution in [3.05, 3.63) is 68.5 Å². The molecule has 0 unspecified atom stereocenters. The Labute approximate surface area is 139 Å². The summed E-state index contributed by atoms with van der Waals surface area (Å²) in [6.45, 7) is 0.182. The van der Waals surface area contributed by atoms with E-state index in [1.807, 2.05) is 28.8 Å². The molecule has 0 saturated heterocycles. The molecular formula is C17H11NO3S2. The number of thiazole rings is 1. The van der Waals surface area contributed by atoms with Gasteiger partial charge in [-0.25, -0.2) is 4.79 Å². The summed E-state index contributed by atoms with van der Waals surface area (Å²) in [5.41, 5.74) is 0.980. The number of benzene rings is 2. The van der Waals surface area contributed by atoms with Crippen LogP contribution >= 0.6 is 23.6 Å². The van der Waals surface area contributed by atoms with Crippen molar-refractivity contribution in [2.24, 2.45) is 0 Å². The minimum atomic E-state index is -0.543. The Balaban J connectivity index is 1.95. The molecule has 6 heteroatoms. The lowest BCUT2D eigenvalue weighted by Crippen LogP contribution is -2.12. The predicted molar refractivity (Wildman–Crippen MR) is 93.9 cm³/mol. The maximum absolute atomic E-state index is 12.3. The highest BCUT2D eigenvalue weighted by molar-refractivity contribution is 7.73. The number of aromatic hydroxyl groups is 1. The number of hydrogen-bond donors (Lipinski definition) is 1. The van der Waals surface area contributed by atoms with Gasteiger partial charge in [-0.05, 0) is 36.5 Å². The second kappa shape index (κ2) is 5.33. The van der Waals surface area contributed by atoms with Crippen molar-refractivity contribution in [3.8, 4) is 5.75 Å². The summed E-state index contributed by atoms with van der Waals surface area (Å²) in [5, 5.41) is 11.0. The molecule has 114 valence electrons. The quantitative estimate of drug-likeness (QED) is 0.436. The average Bonchev–Trinajstić information content (AvgIpc) is 2.87. The van der Waals surface area contributed by atoms with Crippen LogP contribution in [-0.2, 0) is 6.54 Å². The van der Waals surface area contributed by atoms with Gasteiger partial charge >= 0.3 is 5.63 Å². The van der Waals surface area contributed by atoms with Crippen LogP contribution in [0, 0.1) is 3.95 Å². The topological polar surface area (TPSA) is 55.4 Å². The molecule has 23 heavy (non-hydrogen) atoms. The Morgan fingerprint density at radius 2 is 1.87 bits per heavy atom. The summed E-state index contributed by atoms with van der Waals surface area (Å²) >= 11 is 6.88. The highest BCUT2D eigenvalue weighted by atomic mass is 32.1. The molecule has 4 rings (SSSR count). The first-order valence-corrected chi connectivity index (χ1v) is 8.19. The molecule has 4 aromatic rings. The molecule has 0 radical (unpaired) electrons. The molecule has 0 spiro atoms. The van der Waals surface area contributed by atoms with Crippen LogP contribution in [0.4, 0.5) is 0 Å². The third kappa shape index (κ3) is 2.27. The van der Waals surface area contributed by atoms with E-state index < -0.39 is 5.63 Å². The van der Waals surface area contributed by atoms with Crippen molar-refractivity contribution < 1.29 is 9.52 Å². The van der Waals surface area contributed by atoms with Crippen LogP contribution in [0.1, 0.15) is 5.56 Å². The smallest absolute Gasteiger partial charge is 0.345 e. The van der Waals surface area contributed by atoms with Gasteiger partial charge in [0.05, 0.1) is 27.7 Å². The first kappa shape index (κ1) is 14.2. The van der Waals surface area contributed by atoms with Crippen molar-refractivity contribution >= 4 is 44.7 Å². The molecule has 0 amide bonds. The third-order valence-corrected chi connectivity index (χ3v) is 5.20. The lowest BCUT2D eigenvalue weighted by molar-refractivity contribution is 0.454. The largest absolute Gasteiger partial charge is 0.507 e. The van der Waals surface area contributed by atoms with E-state index in [9.17, 15) is 9.90 Å². The predicted octanol–water partition coefficient (Wildman–Crippen LogP) is 4.29. The van der Waals surface area contributed by atoms with Crippen LogP contribution in [0.3, 0.4) is 0 Å². The van der Waals surface area contributed by atoms with Crippen LogP contribution in [-0.4, -0.2) is 9.67 Å². The standard InChI is InChI=1S/C17H11NO3S2/c19-15-10-5-1-3-7-13(10)21-16(20)11(15)9-18-12-6-2-4-8-14(12)23-17(18)22/h1-8,19H,9H2. The molecule has 0 fully saturated rings. The number of para-hydroxylation sites is 2. The number of fused-ring (bicyclic) bond motifs is 2. The van der Waals surface area contributed by atoms with E-state index in [1.165, 1.54) is 11.3 Å². The normalized spacial score (nSPS) is 11.3. The van der Waals surface area contributed by atoms with Gasteiger partial charge in [-0.1, -0.05) is 24.3 Å². The molecule has 2 heterocycles. The van der Waals surface area contributed by atoms with Crippen LogP contribution in [0.25, 0.3) is 21.2 Å². The zero-order chi connectivity index (χ0) is 16.0. The lowest BCUT2D eigenvalue weighted by atomic mass is 10.1. The lowest BCUT2D eigenvalue weighted by Gasteiger charge is -2.08. The van der Waals surface area contributed by atoms with Crippen molar-refractivity contribution in [2.75, 3.05) is 0 Å². The minimum Gasteiger partial charge on any atom is -0.507 e. The molecule has 2 aromatic heterocycles. The number of rotatable bonds is 2. The van der Waals surface area contributed by atoms with Gasteiger partial charge < -0.3 is 14.1 Å². The molecule has 0 saturated carbocycles. The molecule has 0 bridgehead atoms. The molecule has 0 aliphatic heterocycles. The molecule has 2 aromatic carbocycles. The van der Waals surface area contributed by atoms with E-state index in [1.54, 1.807) is 24.3 Å². The maximum atomic E-state index is 12.3. The first-order chi connectivity index (χ1) is 11.1. The summed E-state index contributed by atoms with van der Waals surface area (Å²) in [6, 6.07) is 14.7. The SMILES string of the molecule is O=c1oc2ccccc2c(O)c1Cn1c(=S)sc2ccccc21. The molecule has 0 aliphatic carbocycles. The molecular weight excluding hydrogens is 330 g/mol. The minimum absolute atomic E-state index is 0.0472. The number of nitrogens with zero attached hydrogens (tertiary/aromatic N) is 1. The Hall–Kier alpha value is -2.44. The van der Waals surface area contributed by atoms with Crippen LogP contribution < -0.4 is 5.63 Å². The second-order valence-corrected chi connectivity index (χ2v) is 6.81. The second-order valence-electron chi connectivity index (χ2n) is 5.13. The van der Waals surface area contributed by atoms with Crippen molar-refractivity contribution in [2.45, 2.75) is 6.54 Å². The van der Waals surface area contributed by atoms with Crippen molar-refractivity contribution in [1.29, 1.82) is 0 Å². The van der Waals surface area contributed by atoms with Crippen molar-refractivity contribution in [3.63, 3.8) is 0 Å². The van der Waals surface area contributed by atoms with Gasteiger partial charge in [-0.3, -0.25) is 0 Å². The zero-order valence-corrected chi connectivity index (χ0v) is 13.5. The summed E-state index contributed by atoms with van der Waals surface area (Å²) in [5.74, 6) is -0.0472. The number of hydrogen-bond acceptors (Lipinski definition) is 5. The fourth-order valence-electron chi connectivity index (χ4n) is 2.63. The maximum Gasteiger partial charge on any atom is 0.345 e. The van der Waals surface area contributed by atoms with Crippen LogP contribution in [0.15, 0.2) is 57.7 Å². The van der Waals surface area contributed by atoms with E-state index in [0.717, 1.165) is 10.2 Å². The summed E-state index contributed by atoms with van der Waals surface area (Å²) in [4.78, 5) is 12.3. The number of aromatic nitrogens is 1. The molecule has 0 atom stereocenters. The van der Waals surface area contributed by atoms with E-state index >= 15 is 0 Å². The Bertz CT molecular complexity index is 1150. The van der Waals surface area contributed by atoms with Crippen LogP contribution in [0.2, 0.25) is 0 Å². The third-order valence-electron chi connectivity index (χ3n) is 3.77. The Kier molecular flexibility index (Phi) is 3.28. The van der Waals surface area contributed by atoms with Gasteiger partial charge in [0.15, 0.2) is 3.95 Å². The average molecular weight is 341 g/mol. The van der Waals surface area contributed by atoms with E-state index in [-0.39, 0.29) is 17.9 Å². The highest BCUT2D eigenvalue weighted by Gasteiger charge is 2.16. The zero-order valence-electron chi connectivity index (χ0n) is 11.9. The van der Waals surface area contributed by atoms with Gasteiger partial charge in [0.1, 0.15) is 11.3 Å². The van der Waals surface area contributed by atoms with Crippen molar-refractivity contribution in [1.82, 2.24) is 4.57 Å². The first-order valence-electron chi connectivity index (χ1n) is 6.97. The van der Waals surface area contributed by atoms with Gasteiger partial charge in [0, 0.05) is 0 Å². The summed E-state index contributed by atoms with van der Waals surface area (Å²) < 4.78 is 8.85.